The van der Waals surface area contributed by atoms with Crippen LogP contribution in [0.5, 0.6) is 0 Å². The molecule has 1 aromatic carbocycles. The summed E-state index contributed by atoms with van der Waals surface area (Å²) in [4.78, 5) is 2.47. The maximum Gasteiger partial charge on any atom is 0.0656 e. The number of nitrogens with zero attached hydrogens (tertiary/aromatic N) is 1. The van der Waals surface area contributed by atoms with E-state index in [9.17, 15) is 5.11 Å². The van der Waals surface area contributed by atoms with Gasteiger partial charge in [-0.25, -0.2) is 0 Å². The molecule has 0 aromatic heterocycles. The lowest BCUT2D eigenvalue weighted by Gasteiger charge is -2.31. The van der Waals surface area contributed by atoms with Crippen LogP contribution in [-0.4, -0.2) is 35.7 Å². The Morgan fingerprint density at radius 3 is 2.50 bits per heavy atom. The number of nitrogens with two attached hydrogens (primary N) is 1. The van der Waals surface area contributed by atoms with Crippen LogP contribution in [0.1, 0.15) is 31.7 Å². The largest absolute Gasteiger partial charge is 0.394 e. The molecule has 100 valence electrons. The lowest BCUT2D eigenvalue weighted by molar-refractivity contribution is 0.162. The van der Waals surface area contributed by atoms with Crippen molar-refractivity contribution in [2.24, 2.45) is 5.73 Å². The van der Waals surface area contributed by atoms with Crippen LogP contribution in [0.4, 0.5) is 0 Å². The van der Waals surface area contributed by atoms with Crippen molar-refractivity contribution in [2.75, 3.05) is 19.7 Å². The van der Waals surface area contributed by atoms with E-state index in [-0.39, 0.29) is 6.61 Å². The molecule has 0 aliphatic heterocycles. The smallest absolute Gasteiger partial charge is 0.0656 e. The van der Waals surface area contributed by atoms with Crippen LogP contribution in [-0.2, 0) is 5.54 Å². The molecule has 3 N–H and O–H groups in total. The van der Waals surface area contributed by atoms with E-state index >= 15 is 0 Å². The summed E-state index contributed by atoms with van der Waals surface area (Å²) in [7, 11) is 0. The lowest BCUT2D eigenvalue weighted by Crippen LogP contribution is -2.44. The van der Waals surface area contributed by atoms with E-state index < -0.39 is 5.54 Å². The highest BCUT2D eigenvalue weighted by Crippen LogP contribution is 2.29. The number of aliphatic hydroxyl groups is 1. The number of rotatable bonds is 7. The molecule has 2 rings (SSSR count). The van der Waals surface area contributed by atoms with Crippen molar-refractivity contribution < 1.29 is 5.11 Å². The standard InChI is InChI=1S/C15H24N2O/c1-2-17(14-8-9-14)11-10-15(16,12-18)13-6-4-3-5-7-13/h3-7,14,18H,2,8-12,16H2,1H3. The summed E-state index contributed by atoms with van der Waals surface area (Å²) in [5, 5.41) is 9.64. The SMILES string of the molecule is CCN(CCC(N)(CO)c1ccccc1)C1CC1. The summed E-state index contributed by atoms with van der Waals surface area (Å²) in [6, 6.07) is 10.7. The van der Waals surface area contributed by atoms with Gasteiger partial charge in [0.05, 0.1) is 12.1 Å². The molecule has 1 fully saturated rings. The molecule has 1 unspecified atom stereocenters. The third-order valence-corrected chi connectivity index (χ3v) is 3.95. The summed E-state index contributed by atoms with van der Waals surface area (Å²) in [6.07, 6.45) is 3.43. The summed E-state index contributed by atoms with van der Waals surface area (Å²) in [5.41, 5.74) is 6.79. The van der Waals surface area contributed by atoms with Crippen molar-refractivity contribution in [1.29, 1.82) is 0 Å². The summed E-state index contributed by atoms with van der Waals surface area (Å²) < 4.78 is 0. The third kappa shape index (κ3) is 3.10. The Morgan fingerprint density at radius 1 is 1.33 bits per heavy atom. The van der Waals surface area contributed by atoms with Gasteiger partial charge in [0.2, 0.25) is 0 Å². The minimum atomic E-state index is -0.608. The van der Waals surface area contributed by atoms with Gasteiger partial charge in [0, 0.05) is 12.6 Å². The van der Waals surface area contributed by atoms with Gasteiger partial charge in [0.25, 0.3) is 0 Å². The highest BCUT2D eigenvalue weighted by atomic mass is 16.3. The molecule has 1 saturated carbocycles. The first-order chi connectivity index (χ1) is 8.69. The number of hydrogen-bond acceptors (Lipinski definition) is 3. The topological polar surface area (TPSA) is 49.5 Å². The Bertz CT molecular complexity index is 364. The first-order valence-electron chi connectivity index (χ1n) is 6.89. The predicted octanol–water partition coefficient (Wildman–Crippen LogP) is 1.71. The quantitative estimate of drug-likeness (QED) is 0.772. The minimum Gasteiger partial charge on any atom is -0.394 e. The van der Waals surface area contributed by atoms with E-state index in [0.717, 1.165) is 31.1 Å². The average molecular weight is 248 g/mol. The summed E-state index contributed by atoms with van der Waals surface area (Å²) in [6.45, 7) is 4.23. The first kappa shape index (κ1) is 13.5. The molecule has 0 bridgehead atoms. The zero-order valence-corrected chi connectivity index (χ0v) is 11.2. The molecule has 1 aliphatic rings. The highest BCUT2D eigenvalue weighted by molar-refractivity contribution is 5.24. The van der Waals surface area contributed by atoms with Crippen LogP contribution < -0.4 is 5.73 Å². The maximum atomic E-state index is 9.64. The first-order valence-corrected chi connectivity index (χ1v) is 6.89. The minimum absolute atomic E-state index is 0.000760. The molecule has 3 heteroatoms. The molecule has 0 heterocycles. The fourth-order valence-electron chi connectivity index (χ4n) is 2.47. The van der Waals surface area contributed by atoms with E-state index in [4.69, 9.17) is 5.73 Å². The van der Waals surface area contributed by atoms with Crippen molar-refractivity contribution in [2.45, 2.75) is 37.8 Å². The molecule has 0 amide bonds. The van der Waals surface area contributed by atoms with Gasteiger partial charge in [-0.15, -0.1) is 0 Å². The summed E-state index contributed by atoms with van der Waals surface area (Å²) in [5.74, 6) is 0. The van der Waals surface area contributed by atoms with Gasteiger partial charge in [-0.1, -0.05) is 37.3 Å². The van der Waals surface area contributed by atoms with Crippen molar-refractivity contribution in [3.8, 4) is 0 Å². The summed E-state index contributed by atoms with van der Waals surface area (Å²) >= 11 is 0. The third-order valence-electron chi connectivity index (χ3n) is 3.95. The molecule has 18 heavy (non-hydrogen) atoms. The molecule has 0 spiro atoms. The Kier molecular flexibility index (Phi) is 4.38. The van der Waals surface area contributed by atoms with Crippen molar-refractivity contribution in [1.82, 2.24) is 4.90 Å². The van der Waals surface area contributed by atoms with Crippen LogP contribution in [0.3, 0.4) is 0 Å². The van der Waals surface area contributed by atoms with Crippen LogP contribution in [0.2, 0.25) is 0 Å². The van der Waals surface area contributed by atoms with E-state index in [1.165, 1.54) is 12.8 Å². The second kappa shape index (κ2) is 5.83. The molecular formula is C15H24N2O. The van der Waals surface area contributed by atoms with E-state index in [1.807, 2.05) is 30.3 Å². The molecule has 1 aromatic rings. The Labute approximate surface area is 110 Å². The van der Waals surface area contributed by atoms with Gasteiger partial charge in [-0.05, 0) is 31.4 Å². The molecule has 1 atom stereocenters. The van der Waals surface area contributed by atoms with Crippen LogP contribution in [0.25, 0.3) is 0 Å². The average Bonchev–Trinajstić information content (AvgIpc) is 3.25. The van der Waals surface area contributed by atoms with E-state index in [1.54, 1.807) is 0 Å². The zero-order valence-electron chi connectivity index (χ0n) is 11.2. The Hall–Kier alpha value is -0.900. The fraction of sp³-hybridized carbons (Fsp3) is 0.600. The van der Waals surface area contributed by atoms with Gasteiger partial charge >= 0.3 is 0 Å². The number of hydrogen-bond donors (Lipinski definition) is 2. The van der Waals surface area contributed by atoms with E-state index in [2.05, 4.69) is 11.8 Å². The molecule has 3 nitrogen and oxygen atoms in total. The fourth-order valence-corrected chi connectivity index (χ4v) is 2.47. The Balaban J connectivity index is 1.99. The maximum absolute atomic E-state index is 9.64. The second-order valence-corrected chi connectivity index (χ2v) is 5.29. The predicted molar refractivity (Wildman–Crippen MR) is 74.3 cm³/mol. The molecule has 0 radical (unpaired) electrons. The molecule has 0 saturated heterocycles. The van der Waals surface area contributed by atoms with Crippen LogP contribution in [0, 0.1) is 0 Å². The second-order valence-electron chi connectivity index (χ2n) is 5.29. The monoisotopic (exact) mass is 248 g/mol. The molecular weight excluding hydrogens is 224 g/mol. The molecule has 1 aliphatic carbocycles. The van der Waals surface area contributed by atoms with Gasteiger partial charge < -0.3 is 15.7 Å². The van der Waals surface area contributed by atoms with Crippen LogP contribution >= 0.6 is 0 Å². The van der Waals surface area contributed by atoms with E-state index in [0.29, 0.717) is 0 Å². The zero-order chi connectivity index (χ0) is 13.0. The lowest BCUT2D eigenvalue weighted by atomic mass is 9.88. The van der Waals surface area contributed by atoms with Crippen molar-refractivity contribution in [3.63, 3.8) is 0 Å². The van der Waals surface area contributed by atoms with Crippen molar-refractivity contribution >= 4 is 0 Å². The van der Waals surface area contributed by atoms with Gasteiger partial charge in [-0.2, -0.15) is 0 Å². The van der Waals surface area contributed by atoms with Gasteiger partial charge in [0.15, 0.2) is 0 Å². The number of aliphatic hydroxyl groups excluding tert-OH is 1. The highest BCUT2D eigenvalue weighted by Gasteiger charge is 2.31. The normalized spacial score (nSPS) is 18.9. The number of benzene rings is 1. The van der Waals surface area contributed by atoms with Crippen molar-refractivity contribution in [3.05, 3.63) is 35.9 Å². The van der Waals surface area contributed by atoms with Gasteiger partial charge in [0.1, 0.15) is 0 Å². The Morgan fingerprint density at radius 2 is 2.00 bits per heavy atom. The van der Waals surface area contributed by atoms with Crippen LogP contribution in [0.15, 0.2) is 30.3 Å². The van der Waals surface area contributed by atoms with Gasteiger partial charge in [-0.3, -0.25) is 0 Å².